The van der Waals surface area contributed by atoms with Gasteiger partial charge in [0.15, 0.2) is 5.11 Å². The fraction of sp³-hybridized carbons (Fsp3) is 0.348. The van der Waals surface area contributed by atoms with Crippen molar-refractivity contribution in [2.75, 3.05) is 6.61 Å². The summed E-state index contributed by atoms with van der Waals surface area (Å²) in [7, 11) is 0. The summed E-state index contributed by atoms with van der Waals surface area (Å²) in [6.45, 7) is 8.73. The molecule has 0 spiro atoms. The lowest BCUT2D eigenvalue weighted by Crippen LogP contribution is -2.48. The maximum absolute atomic E-state index is 12.4. The first kappa shape index (κ1) is 25.6. The van der Waals surface area contributed by atoms with E-state index >= 15 is 0 Å². The number of hydrogen-bond donors (Lipinski definition) is 3. The van der Waals surface area contributed by atoms with Gasteiger partial charge in [-0.05, 0) is 96.8 Å². The summed E-state index contributed by atoms with van der Waals surface area (Å²) in [4.78, 5) is 24.7. The highest BCUT2D eigenvalue weighted by molar-refractivity contribution is 9.10. The van der Waals surface area contributed by atoms with E-state index in [0.29, 0.717) is 39.6 Å². The number of nitrogens with one attached hydrogen (secondary N) is 3. The standard InChI is InChI=1S/C23H28BrN3O4S/c1-14(2)11-12-30-18-8-5-16(6-9-18)22(29)26-27-23(32)25-21(28)17-7-10-20(19(24)13-17)31-15(3)4/h5-10,13-15H,11-12H2,1-4H3,(H,26,29)(H2,25,27,28,32). The minimum atomic E-state index is -0.420. The third-order valence-corrected chi connectivity index (χ3v) is 4.98. The monoisotopic (exact) mass is 521 g/mol. The van der Waals surface area contributed by atoms with Crippen LogP contribution in [0.15, 0.2) is 46.9 Å². The molecule has 0 aliphatic heterocycles. The van der Waals surface area contributed by atoms with E-state index in [1.54, 1.807) is 42.5 Å². The highest BCUT2D eigenvalue weighted by Crippen LogP contribution is 2.26. The SMILES string of the molecule is CC(C)CCOc1ccc(C(=O)NNC(=S)NC(=O)c2ccc(OC(C)C)c(Br)c2)cc1. The molecule has 32 heavy (non-hydrogen) atoms. The average Bonchev–Trinajstić information content (AvgIpc) is 2.73. The molecule has 7 nitrogen and oxygen atoms in total. The van der Waals surface area contributed by atoms with Crippen LogP contribution >= 0.6 is 28.1 Å². The van der Waals surface area contributed by atoms with E-state index in [2.05, 4.69) is 45.9 Å². The van der Waals surface area contributed by atoms with Gasteiger partial charge in [-0.2, -0.15) is 0 Å². The molecule has 2 aromatic carbocycles. The predicted molar refractivity (Wildman–Crippen MR) is 132 cm³/mol. The number of carbonyl (C=O) groups is 2. The molecule has 3 N–H and O–H groups in total. The van der Waals surface area contributed by atoms with Crippen molar-refractivity contribution in [1.82, 2.24) is 16.2 Å². The number of amides is 2. The smallest absolute Gasteiger partial charge is 0.269 e. The normalized spacial score (nSPS) is 10.6. The minimum absolute atomic E-state index is 0.0139. The summed E-state index contributed by atoms with van der Waals surface area (Å²) in [5.74, 6) is 1.09. The van der Waals surface area contributed by atoms with Gasteiger partial charge in [0.1, 0.15) is 11.5 Å². The summed E-state index contributed by atoms with van der Waals surface area (Å²) < 4.78 is 11.9. The minimum Gasteiger partial charge on any atom is -0.494 e. The van der Waals surface area contributed by atoms with Crippen LogP contribution in [0.4, 0.5) is 0 Å². The second-order valence-electron chi connectivity index (χ2n) is 7.73. The molecule has 0 aliphatic rings. The van der Waals surface area contributed by atoms with Gasteiger partial charge in [0.05, 0.1) is 17.2 Å². The molecule has 172 valence electrons. The Balaban J connectivity index is 1.82. The van der Waals surface area contributed by atoms with Crippen molar-refractivity contribution in [1.29, 1.82) is 0 Å². The van der Waals surface area contributed by atoms with Crippen LogP contribution in [-0.4, -0.2) is 29.6 Å². The Bertz CT molecular complexity index is 949. The van der Waals surface area contributed by atoms with E-state index < -0.39 is 11.8 Å². The summed E-state index contributed by atoms with van der Waals surface area (Å²) in [6.07, 6.45) is 0.974. The van der Waals surface area contributed by atoms with Gasteiger partial charge in [-0.3, -0.25) is 25.8 Å². The summed E-state index contributed by atoms with van der Waals surface area (Å²) in [6, 6.07) is 11.7. The van der Waals surface area contributed by atoms with Crippen molar-refractivity contribution >= 4 is 45.1 Å². The third-order valence-electron chi connectivity index (χ3n) is 4.15. The number of rotatable bonds is 8. The van der Waals surface area contributed by atoms with Crippen LogP contribution in [0.1, 0.15) is 54.8 Å². The number of thiocarbonyl (C=S) groups is 1. The van der Waals surface area contributed by atoms with Crippen molar-refractivity contribution in [2.24, 2.45) is 5.92 Å². The summed E-state index contributed by atoms with van der Waals surface area (Å²) in [5, 5.41) is 2.49. The average molecular weight is 522 g/mol. The van der Waals surface area contributed by atoms with E-state index in [-0.39, 0.29) is 11.2 Å². The second kappa shape index (κ2) is 12.4. The molecule has 0 atom stereocenters. The van der Waals surface area contributed by atoms with E-state index in [1.165, 1.54) is 0 Å². The molecular formula is C23H28BrN3O4S. The molecule has 0 fully saturated rings. The quantitative estimate of drug-likeness (QED) is 0.347. The number of ether oxygens (including phenoxy) is 2. The molecule has 0 aromatic heterocycles. The predicted octanol–water partition coefficient (Wildman–Crippen LogP) is 4.61. The first-order chi connectivity index (χ1) is 15.2. The van der Waals surface area contributed by atoms with Gasteiger partial charge < -0.3 is 9.47 Å². The highest BCUT2D eigenvalue weighted by Gasteiger charge is 2.12. The Labute approximate surface area is 202 Å². The first-order valence-corrected chi connectivity index (χ1v) is 11.5. The van der Waals surface area contributed by atoms with Gasteiger partial charge in [-0.15, -0.1) is 0 Å². The van der Waals surface area contributed by atoms with Gasteiger partial charge in [0.2, 0.25) is 0 Å². The molecule has 2 amide bonds. The first-order valence-electron chi connectivity index (χ1n) is 10.3. The Hall–Kier alpha value is -2.65. The maximum atomic E-state index is 12.4. The molecule has 2 rings (SSSR count). The fourth-order valence-electron chi connectivity index (χ4n) is 2.50. The van der Waals surface area contributed by atoms with Crippen molar-refractivity contribution in [2.45, 2.75) is 40.2 Å². The highest BCUT2D eigenvalue weighted by atomic mass is 79.9. The van der Waals surface area contributed by atoms with Crippen LogP contribution in [0.25, 0.3) is 0 Å². The lowest BCUT2D eigenvalue weighted by molar-refractivity contribution is 0.0934. The van der Waals surface area contributed by atoms with E-state index in [9.17, 15) is 9.59 Å². The van der Waals surface area contributed by atoms with Crippen LogP contribution in [0.3, 0.4) is 0 Å². The van der Waals surface area contributed by atoms with Crippen LogP contribution < -0.4 is 25.6 Å². The number of hydrogen-bond acceptors (Lipinski definition) is 5. The number of benzene rings is 2. The van der Waals surface area contributed by atoms with Crippen LogP contribution in [-0.2, 0) is 0 Å². The Morgan fingerprint density at radius 1 is 0.969 bits per heavy atom. The Morgan fingerprint density at radius 3 is 2.22 bits per heavy atom. The zero-order valence-corrected chi connectivity index (χ0v) is 20.9. The van der Waals surface area contributed by atoms with E-state index in [1.807, 2.05) is 13.8 Å². The molecule has 0 radical (unpaired) electrons. The molecule has 0 saturated heterocycles. The molecule has 0 saturated carbocycles. The Kier molecular flexibility index (Phi) is 9.93. The lowest BCUT2D eigenvalue weighted by Gasteiger charge is -2.13. The fourth-order valence-corrected chi connectivity index (χ4v) is 3.11. The number of hydrazine groups is 1. The van der Waals surface area contributed by atoms with Crippen molar-refractivity contribution in [3.8, 4) is 11.5 Å². The molecule has 0 aliphatic carbocycles. The largest absolute Gasteiger partial charge is 0.494 e. The summed E-state index contributed by atoms with van der Waals surface area (Å²) >= 11 is 8.48. The Morgan fingerprint density at radius 2 is 1.62 bits per heavy atom. The molecular weight excluding hydrogens is 494 g/mol. The molecule has 2 aromatic rings. The van der Waals surface area contributed by atoms with Gasteiger partial charge in [0, 0.05) is 11.1 Å². The number of carbonyl (C=O) groups excluding carboxylic acids is 2. The van der Waals surface area contributed by atoms with Crippen LogP contribution in [0.5, 0.6) is 11.5 Å². The van der Waals surface area contributed by atoms with Gasteiger partial charge >= 0.3 is 0 Å². The zero-order chi connectivity index (χ0) is 23.7. The van der Waals surface area contributed by atoms with Gasteiger partial charge in [-0.25, -0.2) is 0 Å². The van der Waals surface area contributed by atoms with Gasteiger partial charge in [0.25, 0.3) is 11.8 Å². The second-order valence-corrected chi connectivity index (χ2v) is 8.99. The van der Waals surface area contributed by atoms with E-state index in [4.69, 9.17) is 21.7 Å². The molecule has 0 heterocycles. The van der Waals surface area contributed by atoms with Crippen LogP contribution in [0, 0.1) is 5.92 Å². The van der Waals surface area contributed by atoms with Crippen LogP contribution in [0.2, 0.25) is 0 Å². The maximum Gasteiger partial charge on any atom is 0.269 e. The molecule has 0 bridgehead atoms. The summed E-state index contributed by atoms with van der Waals surface area (Å²) in [5.41, 5.74) is 5.80. The van der Waals surface area contributed by atoms with Crippen molar-refractivity contribution in [3.05, 3.63) is 58.1 Å². The lowest BCUT2D eigenvalue weighted by atomic mass is 10.1. The third kappa shape index (κ3) is 8.47. The molecule has 0 unspecified atom stereocenters. The van der Waals surface area contributed by atoms with Gasteiger partial charge in [-0.1, -0.05) is 13.8 Å². The van der Waals surface area contributed by atoms with Crippen molar-refractivity contribution < 1.29 is 19.1 Å². The zero-order valence-electron chi connectivity index (χ0n) is 18.5. The number of halogens is 1. The molecule has 9 heteroatoms. The van der Waals surface area contributed by atoms with E-state index in [0.717, 1.165) is 6.42 Å². The topological polar surface area (TPSA) is 88.7 Å². The van der Waals surface area contributed by atoms with Crippen molar-refractivity contribution in [3.63, 3.8) is 0 Å².